The molecule has 1 N–H and O–H groups in total. The van der Waals surface area contributed by atoms with Gasteiger partial charge in [-0.25, -0.2) is 4.39 Å². The number of benzene rings is 1. The number of aromatic nitrogens is 2. The van der Waals surface area contributed by atoms with Crippen LogP contribution in [0.3, 0.4) is 0 Å². The maximum atomic E-state index is 13.9. The highest BCUT2D eigenvalue weighted by molar-refractivity contribution is 5.94. The van der Waals surface area contributed by atoms with Crippen molar-refractivity contribution in [2.24, 2.45) is 0 Å². The lowest BCUT2D eigenvalue weighted by atomic mass is 10.0. The third-order valence-corrected chi connectivity index (χ3v) is 5.58. The number of fused-ring (bicyclic) bond motifs is 1. The van der Waals surface area contributed by atoms with Gasteiger partial charge in [-0.05, 0) is 18.7 Å². The Labute approximate surface area is 163 Å². The molecule has 8 heteroatoms. The van der Waals surface area contributed by atoms with E-state index in [0.29, 0.717) is 43.9 Å². The molecule has 2 aliphatic heterocycles. The van der Waals surface area contributed by atoms with Gasteiger partial charge in [-0.1, -0.05) is 18.2 Å². The Morgan fingerprint density at radius 1 is 1.11 bits per heavy atom. The van der Waals surface area contributed by atoms with Crippen molar-refractivity contribution in [2.45, 2.75) is 19.4 Å². The lowest BCUT2D eigenvalue weighted by molar-refractivity contribution is -0.131. The van der Waals surface area contributed by atoms with E-state index in [4.69, 9.17) is 0 Å². The smallest absolute Gasteiger partial charge is 0.274 e. The predicted molar refractivity (Wildman–Crippen MR) is 101 cm³/mol. The number of hydrogen-bond donors (Lipinski definition) is 1. The predicted octanol–water partition coefficient (Wildman–Crippen LogP) is 1.06. The summed E-state index contributed by atoms with van der Waals surface area (Å²) in [5, 5.41) is 7.22. The summed E-state index contributed by atoms with van der Waals surface area (Å²) in [5.41, 5.74) is 2.49. The van der Waals surface area contributed by atoms with Crippen molar-refractivity contribution in [3.63, 3.8) is 0 Å². The van der Waals surface area contributed by atoms with Crippen LogP contribution in [0.4, 0.5) is 4.39 Å². The number of H-pyrrole nitrogens is 1. The lowest BCUT2D eigenvalue weighted by Crippen LogP contribution is -2.47. The lowest BCUT2D eigenvalue weighted by Gasteiger charge is -2.32. The molecule has 28 heavy (non-hydrogen) atoms. The zero-order chi connectivity index (χ0) is 19.7. The van der Waals surface area contributed by atoms with Crippen LogP contribution in [0.25, 0.3) is 0 Å². The van der Waals surface area contributed by atoms with Crippen molar-refractivity contribution in [1.82, 2.24) is 24.9 Å². The van der Waals surface area contributed by atoms with Gasteiger partial charge < -0.3 is 14.7 Å². The number of nitrogens with one attached hydrogen (secondary N) is 1. The molecule has 0 unspecified atom stereocenters. The van der Waals surface area contributed by atoms with Gasteiger partial charge in [0.1, 0.15) is 5.82 Å². The summed E-state index contributed by atoms with van der Waals surface area (Å²) >= 11 is 0. The van der Waals surface area contributed by atoms with E-state index in [1.165, 1.54) is 6.07 Å². The Morgan fingerprint density at radius 3 is 2.61 bits per heavy atom. The van der Waals surface area contributed by atoms with Crippen molar-refractivity contribution < 1.29 is 14.0 Å². The fourth-order valence-corrected chi connectivity index (χ4v) is 3.76. The zero-order valence-electron chi connectivity index (χ0n) is 15.9. The average molecular weight is 385 g/mol. The van der Waals surface area contributed by atoms with Crippen molar-refractivity contribution in [3.8, 4) is 0 Å². The van der Waals surface area contributed by atoms with Crippen LogP contribution in [-0.2, 0) is 24.2 Å². The molecule has 2 aliphatic rings. The van der Waals surface area contributed by atoms with E-state index < -0.39 is 0 Å². The van der Waals surface area contributed by atoms with Crippen LogP contribution >= 0.6 is 0 Å². The number of nitrogens with zero attached hydrogens (tertiary/aromatic N) is 4. The van der Waals surface area contributed by atoms with E-state index in [-0.39, 0.29) is 24.1 Å². The number of carbonyl (C=O) groups excluding carboxylic acids is 2. The monoisotopic (exact) mass is 385 g/mol. The van der Waals surface area contributed by atoms with Gasteiger partial charge in [0.05, 0.1) is 6.42 Å². The van der Waals surface area contributed by atoms with Crippen LogP contribution in [-0.4, -0.2) is 76.5 Å². The summed E-state index contributed by atoms with van der Waals surface area (Å²) in [4.78, 5) is 31.3. The van der Waals surface area contributed by atoms with Crippen molar-refractivity contribution >= 4 is 11.8 Å². The second-order valence-electron chi connectivity index (χ2n) is 7.46. The Kier molecular flexibility index (Phi) is 5.13. The van der Waals surface area contributed by atoms with Crippen LogP contribution in [0.15, 0.2) is 24.3 Å². The quantitative estimate of drug-likeness (QED) is 0.858. The summed E-state index contributed by atoms with van der Waals surface area (Å²) in [5.74, 6) is -0.605. The minimum absolute atomic E-state index is 0.0155. The second-order valence-corrected chi connectivity index (χ2v) is 7.46. The normalized spacial score (nSPS) is 17.5. The molecule has 0 atom stereocenters. The van der Waals surface area contributed by atoms with Crippen molar-refractivity contribution in [2.75, 3.05) is 39.8 Å². The van der Waals surface area contributed by atoms with Gasteiger partial charge in [0.2, 0.25) is 5.91 Å². The number of piperazine rings is 1. The summed E-state index contributed by atoms with van der Waals surface area (Å²) in [6, 6.07) is 6.32. The van der Waals surface area contributed by atoms with E-state index >= 15 is 0 Å². The number of halogens is 1. The Morgan fingerprint density at radius 2 is 1.86 bits per heavy atom. The molecule has 1 saturated heterocycles. The molecule has 1 aromatic carbocycles. The molecule has 1 aromatic heterocycles. The third-order valence-electron chi connectivity index (χ3n) is 5.58. The topological polar surface area (TPSA) is 72.5 Å². The first kappa shape index (κ1) is 18.6. The van der Waals surface area contributed by atoms with Crippen LogP contribution in [0, 0.1) is 5.82 Å². The zero-order valence-corrected chi connectivity index (χ0v) is 15.9. The number of aromatic amines is 1. The number of amides is 2. The highest BCUT2D eigenvalue weighted by atomic mass is 19.1. The molecule has 2 aromatic rings. The molecule has 0 aliphatic carbocycles. The number of hydrogen-bond acceptors (Lipinski definition) is 4. The minimum Gasteiger partial charge on any atom is -0.338 e. The Hall–Kier alpha value is -2.74. The van der Waals surface area contributed by atoms with E-state index in [2.05, 4.69) is 15.1 Å². The molecular formula is C20H24FN5O2. The average Bonchev–Trinajstić information content (AvgIpc) is 3.13. The molecule has 0 bridgehead atoms. The van der Waals surface area contributed by atoms with E-state index in [1.807, 2.05) is 11.9 Å². The molecule has 4 rings (SSSR count). The van der Waals surface area contributed by atoms with Crippen LogP contribution in [0.5, 0.6) is 0 Å². The van der Waals surface area contributed by atoms with Gasteiger partial charge in [0.25, 0.3) is 5.91 Å². The molecule has 7 nitrogen and oxygen atoms in total. The summed E-state index contributed by atoms with van der Waals surface area (Å²) in [6.07, 6.45) is 0.628. The molecule has 0 saturated carbocycles. The standard InChI is InChI=1S/C20H24FN5O2/c1-24-8-10-25(11-9-24)20(28)19-15-13-26(7-6-17(15)22-23-19)18(27)12-14-4-2-3-5-16(14)21/h2-5H,6-13H2,1H3,(H,22,23). The molecule has 0 spiro atoms. The minimum atomic E-state index is -0.372. The Balaban J connectivity index is 1.47. The molecule has 0 radical (unpaired) electrons. The maximum Gasteiger partial charge on any atom is 0.274 e. The highest BCUT2D eigenvalue weighted by Crippen LogP contribution is 2.23. The van der Waals surface area contributed by atoms with Gasteiger partial charge in [-0.15, -0.1) is 0 Å². The first-order chi connectivity index (χ1) is 13.5. The van der Waals surface area contributed by atoms with Crippen molar-refractivity contribution in [1.29, 1.82) is 0 Å². The highest BCUT2D eigenvalue weighted by Gasteiger charge is 2.30. The first-order valence-corrected chi connectivity index (χ1v) is 9.58. The van der Waals surface area contributed by atoms with Crippen molar-refractivity contribution in [3.05, 3.63) is 52.6 Å². The van der Waals surface area contributed by atoms with E-state index in [0.717, 1.165) is 24.3 Å². The fourth-order valence-electron chi connectivity index (χ4n) is 3.76. The molecular weight excluding hydrogens is 361 g/mol. The van der Waals surface area contributed by atoms with Crippen LogP contribution < -0.4 is 0 Å². The largest absolute Gasteiger partial charge is 0.338 e. The molecule has 3 heterocycles. The van der Waals surface area contributed by atoms with Crippen LogP contribution in [0.2, 0.25) is 0 Å². The second kappa shape index (κ2) is 7.71. The molecule has 2 amide bonds. The SMILES string of the molecule is CN1CCN(C(=O)c2n[nH]c3c2CN(C(=O)Cc2ccccc2F)CC3)CC1. The Bertz CT molecular complexity index is 888. The fraction of sp³-hybridized carbons (Fsp3) is 0.450. The third kappa shape index (κ3) is 3.64. The van der Waals surface area contributed by atoms with Gasteiger partial charge in [0.15, 0.2) is 5.69 Å². The maximum absolute atomic E-state index is 13.9. The summed E-state index contributed by atoms with van der Waals surface area (Å²) in [7, 11) is 2.04. The summed E-state index contributed by atoms with van der Waals surface area (Å²) in [6.45, 7) is 3.88. The van der Waals surface area contributed by atoms with Gasteiger partial charge in [-0.2, -0.15) is 5.10 Å². The molecule has 148 valence electrons. The number of rotatable bonds is 3. The van der Waals surface area contributed by atoms with Gasteiger partial charge in [0, 0.05) is 56.9 Å². The summed E-state index contributed by atoms with van der Waals surface area (Å²) < 4.78 is 13.9. The van der Waals surface area contributed by atoms with E-state index in [1.54, 1.807) is 23.1 Å². The molecule has 1 fully saturated rings. The number of carbonyl (C=O) groups is 2. The first-order valence-electron chi connectivity index (χ1n) is 9.58. The number of likely N-dealkylation sites (N-methyl/N-ethyl adjacent to an activating group) is 1. The van der Waals surface area contributed by atoms with Crippen LogP contribution in [0.1, 0.15) is 27.3 Å². The van der Waals surface area contributed by atoms with Gasteiger partial charge >= 0.3 is 0 Å². The van der Waals surface area contributed by atoms with Gasteiger partial charge in [-0.3, -0.25) is 14.7 Å². The van der Waals surface area contributed by atoms with E-state index in [9.17, 15) is 14.0 Å².